The molecule has 1 aromatic rings. The summed E-state index contributed by atoms with van der Waals surface area (Å²) in [6.07, 6.45) is 4.95. The number of rotatable bonds is 4. The van der Waals surface area contributed by atoms with Crippen molar-refractivity contribution in [1.82, 2.24) is 0 Å². The second-order valence-corrected chi connectivity index (χ2v) is 6.08. The molecule has 2 heteroatoms. The molecule has 0 aromatic heterocycles. The van der Waals surface area contributed by atoms with Crippen molar-refractivity contribution in [2.75, 3.05) is 6.61 Å². The molecular formula is C17H22O2. The Morgan fingerprint density at radius 1 is 1.32 bits per heavy atom. The third-order valence-electron chi connectivity index (χ3n) is 4.78. The maximum atomic E-state index is 12.8. The predicted molar refractivity (Wildman–Crippen MR) is 75.6 cm³/mol. The highest BCUT2D eigenvalue weighted by molar-refractivity contribution is 6.00. The molecule has 2 bridgehead atoms. The van der Waals surface area contributed by atoms with Crippen LogP contribution in [-0.2, 0) is 0 Å². The monoisotopic (exact) mass is 258 g/mol. The van der Waals surface area contributed by atoms with Crippen molar-refractivity contribution in [2.45, 2.75) is 39.5 Å². The summed E-state index contributed by atoms with van der Waals surface area (Å²) in [5, 5.41) is 0. The molecule has 3 atom stereocenters. The number of aryl methyl sites for hydroxylation is 1. The molecule has 2 nitrogen and oxygen atoms in total. The van der Waals surface area contributed by atoms with Crippen LogP contribution in [0.25, 0.3) is 0 Å². The third-order valence-corrected chi connectivity index (χ3v) is 4.78. The number of fused-ring (bicyclic) bond motifs is 2. The van der Waals surface area contributed by atoms with Gasteiger partial charge >= 0.3 is 0 Å². The van der Waals surface area contributed by atoms with Crippen molar-refractivity contribution in [1.29, 1.82) is 0 Å². The molecule has 2 aliphatic rings. The van der Waals surface area contributed by atoms with Gasteiger partial charge in [0.2, 0.25) is 0 Å². The molecule has 0 N–H and O–H groups in total. The van der Waals surface area contributed by atoms with E-state index < -0.39 is 0 Å². The zero-order chi connectivity index (χ0) is 13.4. The maximum Gasteiger partial charge on any atom is 0.169 e. The van der Waals surface area contributed by atoms with Gasteiger partial charge < -0.3 is 4.74 Å². The molecule has 102 valence electrons. The molecule has 0 spiro atoms. The normalized spacial score (nSPS) is 28.6. The molecule has 1 aromatic carbocycles. The molecule has 0 aliphatic heterocycles. The lowest BCUT2D eigenvalue weighted by atomic mass is 9.83. The van der Waals surface area contributed by atoms with Gasteiger partial charge in [-0.05, 0) is 57.1 Å². The van der Waals surface area contributed by atoms with Crippen LogP contribution in [0.2, 0.25) is 0 Å². The lowest BCUT2D eigenvalue weighted by Crippen LogP contribution is -2.21. The summed E-state index contributed by atoms with van der Waals surface area (Å²) >= 11 is 0. The van der Waals surface area contributed by atoms with Gasteiger partial charge in [-0.1, -0.05) is 18.1 Å². The number of carbonyl (C=O) groups is 1. The van der Waals surface area contributed by atoms with Crippen LogP contribution in [0.1, 0.15) is 48.5 Å². The van der Waals surface area contributed by atoms with Crippen LogP contribution in [0.5, 0.6) is 5.75 Å². The van der Waals surface area contributed by atoms with Gasteiger partial charge in [0.05, 0.1) is 12.2 Å². The lowest BCUT2D eigenvalue weighted by Gasteiger charge is -2.21. The molecule has 2 saturated carbocycles. The minimum Gasteiger partial charge on any atom is -0.493 e. The van der Waals surface area contributed by atoms with Gasteiger partial charge in [0.25, 0.3) is 0 Å². The molecule has 0 amide bonds. The average Bonchev–Trinajstić information content (AvgIpc) is 3.02. The first-order chi connectivity index (χ1) is 9.19. The fraction of sp³-hybridized carbons (Fsp3) is 0.588. The smallest absolute Gasteiger partial charge is 0.169 e. The summed E-state index contributed by atoms with van der Waals surface area (Å²) < 4.78 is 5.63. The first kappa shape index (κ1) is 12.7. The zero-order valence-electron chi connectivity index (χ0n) is 11.8. The minimum atomic E-state index is 0.250. The Hall–Kier alpha value is -1.31. The number of benzene rings is 1. The number of hydrogen-bond donors (Lipinski definition) is 0. The van der Waals surface area contributed by atoms with Crippen molar-refractivity contribution in [3.05, 3.63) is 29.3 Å². The van der Waals surface area contributed by atoms with Gasteiger partial charge in [-0.3, -0.25) is 4.79 Å². The van der Waals surface area contributed by atoms with Crippen LogP contribution >= 0.6 is 0 Å². The minimum absolute atomic E-state index is 0.250. The van der Waals surface area contributed by atoms with Gasteiger partial charge in [-0.2, -0.15) is 0 Å². The van der Waals surface area contributed by atoms with E-state index in [-0.39, 0.29) is 5.92 Å². The Kier molecular flexibility index (Phi) is 3.34. The molecule has 3 rings (SSSR count). The van der Waals surface area contributed by atoms with E-state index in [9.17, 15) is 4.79 Å². The molecular weight excluding hydrogens is 236 g/mol. The summed E-state index contributed by atoms with van der Waals surface area (Å²) in [5.74, 6) is 2.77. The van der Waals surface area contributed by atoms with Crippen LogP contribution < -0.4 is 4.74 Å². The maximum absolute atomic E-state index is 12.8. The third kappa shape index (κ3) is 2.29. The van der Waals surface area contributed by atoms with Crippen LogP contribution in [0, 0.1) is 24.7 Å². The summed E-state index contributed by atoms with van der Waals surface area (Å²) in [6.45, 7) is 4.61. The second kappa shape index (κ2) is 4.99. The van der Waals surface area contributed by atoms with Crippen molar-refractivity contribution < 1.29 is 9.53 Å². The SMILES string of the molecule is CCOc1ccc(C)cc1C(=O)C1CC2CCC1C2. The highest BCUT2D eigenvalue weighted by Gasteiger charge is 2.43. The van der Waals surface area contributed by atoms with E-state index in [4.69, 9.17) is 4.74 Å². The van der Waals surface area contributed by atoms with Crippen molar-refractivity contribution in [2.24, 2.45) is 17.8 Å². The van der Waals surface area contributed by atoms with Crippen LogP contribution in [-0.4, -0.2) is 12.4 Å². The first-order valence-corrected chi connectivity index (χ1v) is 7.46. The Labute approximate surface area is 115 Å². The van der Waals surface area contributed by atoms with Gasteiger partial charge in [0, 0.05) is 5.92 Å². The Morgan fingerprint density at radius 3 is 2.79 bits per heavy atom. The highest BCUT2D eigenvalue weighted by atomic mass is 16.5. The number of ether oxygens (including phenoxy) is 1. The van der Waals surface area contributed by atoms with Crippen molar-refractivity contribution in [3.63, 3.8) is 0 Å². The molecule has 2 fully saturated rings. The van der Waals surface area contributed by atoms with Crippen LogP contribution in [0.3, 0.4) is 0 Å². The van der Waals surface area contributed by atoms with Gasteiger partial charge in [-0.15, -0.1) is 0 Å². The summed E-state index contributed by atoms with van der Waals surface area (Å²) in [6, 6.07) is 5.96. The average molecular weight is 258 g/mol. The molecule has 0 radical (unpaired) electrons. The topological polar surface area (TPSA) is 26.3 Å². The number of ketones is 1. The quantitative estimate of drug-likeness (QED) is 0.763. The number of Topliss-reactive ketones (excluding diaryl/α,β-unsaturated/α-hetero) is 1. The summed E-state index contributed by atoms with van der Waals surface area (Å²) in [7, 11) is 0. The van der Waals surface area contributed by atoms with Gasteiger partial charge in [0.1, 0.15) is 5.75 Å². The Bertz CT molecular complexity index is 492. The van der Waals surface area contributed by atoms with E-state index >= 15 is 0 Å². The fourth-order valence-electron chi connectivity index (χ4n) is 3.88. The summed E-state index contributed by atoms with van der Waals surface area (Å²) in [4.78, 5) is 12.8. The first-order valence-electron chi connectivity index (χ1n) is 7.46. The van der Waals surface area contributed by atoms with Gasteiger partial charge in [-0.25, -0.2) is 0 Å². The van der Waals surface area contributed by atoms with Crippen molar-refractivity contribution in [3.8, 4) is 5.75 Å². The van der Waals surface area contributed by atoms with E-state index in [0.717, 1.165) is 29.2 Å². The molecule has 0 saturated heterocycles. The largest absolute Gasteiger partial charge is 0.493 e. The van der Waals surface area contributed by atoms with E-state index in [1.54, 1.807) is 0 Å². The van der Waals surface area contributed by atoms with E-state index in [2.05, 4.69) is 0 Å². The molecule has 2 aliphatic carbocycles. The van der Waals surface area contributed by atoms with E-state index in [1.807, 2.05) is 32.0 Å². The zero-order valence-corrected chi connectivity index (χ0v) is 11.8. The van der Waals surface area contributed by atoms with Crippen LogP contribution in [0.15, 0.2) is 18.2 Å². The molecule has 3 unspecified atom stereocenters. The Balaban J connectivity index is 1.88. The summed E-state index contributed by atoms with van der Waals surface area (Å²) in [5.41, 5.74) is 1.94. The molecule has 0 heterocycles. The fourth-order valence-corrected chi connectivity index (χ4v) is 3.88. The van der Waals surface area contributed by atoms with E-state index in [0.29, 0.717) is 18.3 Å². The number of hydrogen-bond acceptors (Lipinski definition) is 2. The van der Waals surface area contributed by atoms with Crippen molar-refractivity contribution >= 4 is 5.78 Å². The standard InChI is InChI=1S/C17H22O2/c1-3-19-16-7-4-11(2)8-15(16)17(18)14-10-12-5-6-13(14)9-12/h4,7-8,12-14H,3,5-6,9-10H2,1-2H3. The Morgan fingerprint density at radius 2 is 2.16 bits per heavy atom. The predicted octanol–water partition coefficient (Wildman–Crippen LogP) is 4.01. The van der Waals surface area contributed by atoms with Gasteiger partial charge in [0.15, 0.2) is 5.78 Å². The number of carbonyl (C=O) groups excluding carboxylic acids is 1. The van der Waals surface area contributed by atoms with Crippen LogP contribution in [0.4, 0.5) is 0 Å². The molecule has 19 heavy (non-hydrogen) atoms. The lowest BCUT2D eigenvalue weighted by molar-refractivity contribution is 0.0870. The van der Waals surface area contributed by atoms with E-state index in [1.165, 1.54) is 19.3 Å². The second-order valence-electron chi connectivity index (χ2n) is 6.08. The highest BCUT2D eigenvalue weighted by Crippen LogP contribution is 2.49.